The summed E-state index contributed by atoms with van der Waals surface area (Å²) < 4.78 is 11.6. The van der Waals surface area contributed by atoms with Gasteiger partial charge < -0.3 is 9.47 Å². The Morgan fingerprint density at radius 3 is 2.52 bits per heavy atom. The molecule has 0 spiro atoms. The monoisotopic (exact) mass is 467 g/mol. The number of ether oxygens (including phenoxy) is 2. The number of carbonyl (C=O) groups is 2. The van der Waals surface area contributed by atoms with E-state index in [1.807, 2.05) is 6.92 Å². The number of methoxy groups -OCH3 is 1. The Hall–Kier alpha value is -1.96. The Morgan fingerprint density at radius 1 is 1.19 bits per heavy atom. The highest BCUT2D eigenvalue weighted by atomic mass is 79.9. The maximum Gasteiger partial charge on any atom is 0.298 e. The summed E-state index contributed by atoms with van der Waals surface area (Å²) in [6.45, 7) is 2.39. The van der Waals surface area contributed by atoms with Crippen molar-refractivity contribution in [2.45, 2.75) is 6.92 Å². The van der Waals surface area contributed by atoms with Crippen LogP contribution in [0.25, 0.3) is 6.08 Å². The first kappa shape index (κ1) is 19.8. The second-order valence-electron chi connectivity index (χ2n) is 5.45. The van der Waals surface area contributed by atoms with Gasteiger partial charge in [0.1, 0.15) is 0 Å². The molecule has 1 heterocycles. The van der Waals surface area contributed by atoms with Gasteiger partial charge >= 0.3 is 0 Å². The second-order valence-corrected chi connectivity index (χ2v) is 7.74. The molecule has 0 unspecified atom stereocenters. The summed E-state index contributed by atoms with van der Waals surface area (Å²) in [5, 5.41) is 0.175. The molecule has 0 N–H and O–H groups in total. The van der Waals surface area contributed by atoms with Gasteiger partial charge in [0.25, 0.3) is 11.1 Å². The number of halogens is 2. The lowest BCUT2D eigenvalue weighted by Crippen LogP contribution is -2.27. The third-order valence-corrected chi connectivity index (χ3v) is 5.56. The zero-order valence-corrected chi connectivity index (χ0v) is 17.7. The number of imide groups is 1. The Bertz CT molecular complexity index is 930. The Kier molecular flexibility index (Phi) is 6.14. The number of thioether (sulfide) groups is 1. The first-order valence-corrected chi connectivity index (χ1v) is 9.97. The SMILES string of the molecule is CCOc1cc(Br)c(C=C2SC(=O)N(c3ccc(Cl)cc3)C2=O)cc1OC. The number of anilines is 1. The summed E-state index contributed by atoms with van der Waals surface area (Å²) in [4.78, 5) is 26.6. The van der Waals surface area contributed by atoms with E-state index >= 15 is 0 Å². The highest BCUT2D eigenvalue weighted by Gasteiger charge is 2.36. The van der Waals surface area contributed by atoms with E-state index in [1.165, 1.54) is 0 Å². The zero-order chi connectivity index (χ0) is 19.6. The van der Waals surface area contributed by atoms with Crippen LogP contribution >= 0.6 is 39.3 Å². The van der Waals surface area contributed by atoms with E-state index < -0.39 is 0 Å². The molecule has 0 saturated carbocycles. The van der Waals surface area contributed by atoms with Crippen molar-refractivity contribution >= 4 is 62.2 Å². The van der Waals surface area contributed by atoms with E-state index in [0.717, 1.165) is 21.1 Å². The normalized spacial score (nSPS) is 15.6. The quantitative estimate of drug-likeness (QED) is 0.523. The zero-order valence-electron chi connectivity index (χ0n) is 14.5. The van der Waals surface area contributed by atoms with E-state index in [1.54, 1.807) is 49.6 Å². The van der Waals surface area contributed by atoms with E-state index in [-0.39, 0.29) is 11.1 Å². The second kappa shape index (κ2) is 8.37. The van der Waals surface area contributed by atoms with E-state index in [9.17, 15) is 9.59 Å². The van der Waals surface area contributed by atoms with Crippen LogP contribution in [0.3, 0.4) is 0 Å². The third-order valence-electron chi connectivity index (χ3n) is 3.75. The van der Waals surface area contributed by atoms with Crippen LogP contribution in [0.15, 0.2) is 45.8 Å². The summed E-state index contributed by atoms with van der Waals surface area (Å²) >= 11 is 10.2. The van der Waals surface area contributed by atoms with Gasteiger partial charge in [-0.2, -0.15) is 0 Å². The topological polar surface area (TPSA) is 55.8 Å². The van der Waals surface area contributed by atoms with Gasteiger partial charge in [0.2, 0.25) is 0 Å². The van der Waals surface area contributed by atoms with E-state index in [4.69, 9.17) is 21.1 Å². The highest BCUT2D eigenvalue weighted by molar-refractivity contribution is 9.10. The van der Waals surface area contributed by atoms with Crippen LogP contribution in [0.4, 0.5) is 10.5 Å². The predicted molar refractivity (Wildman–Crippen MR) is 112 cm³/mol. The van der Waals surface area contributed by atoms with Crippen LogP contribution in [-0.2, 0) is 4.79 Å². The lowest BCUT2D eigenvalue weighted by molar-refractivity contribution is -0.113. The van der Waals surface area contributed by atoms with E-state index in [0.29, 0.717) is 39.3 Å². The molecule has 8 heteroatoms. The number of hydrogen-bond donors (Lipinski definition) is 0. The molecule has 1 aliphatic heterocycles. The lowest BCUT2D eigenvalue weighted by atomic mass is 10.1. The number of benzene rings is 2. The van der Waals surface area contributed by atoms with Gasteiger partial charge in [-0.25, -0.2) is 4.90 Å². The van der Waals surface area contributed by atoms with Crippen LogP contribution in [0.2, 0.25) is 5.02 Å². The third kappa shape index (κ3) is 4.15. The summed E-state index contributed by atoms with van der Waals surface area (Å²) in [5.41, 5.74) is 1.19. The Labute approximate surface area is 174 Å². The minimum atomic E-state index is -0.382. The first-order valence-electron chi connectivity index (χ1n) is 7.98. The molecule has 5 nitrogen and oxygen atoms in total. The number of hydrogen-bond acceptors (Lipinski definition) is 5. The molecule has 1 aliphatic rings. The van der Waals surface area contributed by atoms with Gasteiger partial charge in [-0.15, -0.1) is 0 Å². The van der Waals surface area contributed by atoms with Crippen molar-refractivity contribution in [1.82, 2.24) is 0 Å². The molecule has 1 saturated heterocycles. The molecular formula is C19H15BrClNO4S. The van der Waals surface area contributed by atoms with Crippen molar-refractivity contribution in [3.05, 3.63) is 56.4 Å². The largest absolute Gasteiger partial charge is 0.493 e. The molecule has 0 atom stereocenters. The van der Waals surface area contributed by atoms with Crippen LogP contribution < -0.4 is 14.4 Å². The van der Waals surface area contributed by atoms with Crippen molar-refractivity contribution in [3.63, 3.8) is 0 Å². The Balaban J connectivity index is 1.95. The summed E-state index contributed by atoms with van der Waals surface area (Å²) in [6.07, 6.45) is 1.66. The van der Waals surface area contributed by atoms with Crippen LogP contribution in [-0.4, -0.2) is 24.9 Å². The number of rotatable bonds is 5. The van der Waals surface area contributed by atoms with Crippen LogP contribution in [0.5, 0.6) is 11.5 Å². The standard InChI is InChI=1S/C19H15BrClNO4S/c1-3-26-16-10-14(20)11(8-15(16)25-2)9-17-18(23)22(19(24)27-17)13-6-4-12(21)5-7-13/h4-10H,3H2,1-2H3. The van der Waals surface area contributed by atoms with Crippen LogP contribution in [0, 0.1) is 0 Å². The molecular weight excluding hydrogens is 454 g/mol. The van der Waals surface area contributed by atoms with Gasteiger partial charge in [-0.1, -0.05) is 27.5 Å². The van der Waals surface area contributed by atoms with Gasteiger partial charge in [-0.3, -0.25) is 9.59 Å². The van der Waals surface area contributed by atoms with Gasteiger partial charge in [0.15, 0.2) is 11.5 Å². The van der Waals surface area contributed by atoms with E-state index in [2.05, 4.69) is 15.9 Å². The summed E-state index contributed by atoms with van der Waals surface area (Å²) in [7, 11) is 1.55. The van der Waals surface area contributed by atoms with Crippen molar-refractivity contribution in [1.29, 1.82) is 0 Å². The van der Waals surface area contributed by atoms with Crippen molar-refractivity contribution < 1.29 is 19.1 Å². The summed E-state index contributed by atoms with van der Waals surface area (Å²) in [5.74, 6) is 0.758. The highest BCUT2D eigenvalue weighted by Crippen LogP contribution is 2.39. The molecule has 0 aliphatic carbocycles. The molecule has 27 heavy (non-hydrogen) atoms. The van der Waals surface area contributed by atoms with Gasteiger partial charge in [0, 0.05) is 9.50 Å². The fraction of sp³-hybridized carbons (Fsp3) is 0.158. The Morgan fingerprint density at radius 2 is 1.89 bits per heavy atom. The fourth-order valence-electron chi connectivity index (χ4n) is 2.51. The number of carbonyl (C=O) groups excluding carboxylic acids is 2. The van der Waals surface area contributed by atoms with Gasteiger partial charge in [-0.05, 0) is 66.7 Å². The average Bonchev–Trinajstić information content (AvgIpc) is 2.92. The fourth-order valence-corrected chi connectivity index (χ4v) is 3.91. The molecule has 3 rings (SSSR count). The molecule has 2 aromatic rings. The molecule has 0 aromatic heterocycles. The molecule has 2 aromatic carbocycles. The number of amides is 2. The number of nitrogens with zero attached hydrogens (tertiary/aromatic N) is 1. The van der Waals surface area contributed by atoms with Gasteiger partial charge in [0.05, 0.1) is 24.3 Å². The van der Waals surface area contributed by atoms with Crippen molar-refractivity contribution in [2.75, 3.05) is 18.6 Å². The molecule has 1 fully saturated rings. The van der Waals surface area contributed by atoms with Crippen molar-refractivity contribution in [2.24, 2.45) is 0 Å². The summed E-state index contributed by atoms with van der Waals surface area (Å²) in [6, 6.07) is 10.1. The predicted octanol–water partition coefficient (Wildman–Crippen LogP) is 5.75. The van der Waals surface area contributed by atoms with Crippen LogP contribution in [0.1, 0.15) is 12.5 Å². The lowest BCUT2D eigenvalue weighted by Gasteiger charge is -2.12. The molecule has 2 amide bonds. The molecule has 0 bridgehead atoms. The average molecular weight is 469 g/mol. The maximum absolute atomic E-state index is 12.8. The minimum Gasteiger partial charge on any atom is -0.493 e. The van der Waals surface area contributed by atoms with Crippen molar-refractivity contribution in [3.8, 4) is 11.5 Å². The molecule has 0 radical (unpaired) electrons. The maximum atomic E-state index is 12.8. The molecule has 140 valence electrons. The minimum absolute atomic E-state index is 0.321. The first-order chi connectivity index (χ1) is 12.9. The smallest absolute Gasteiger partial charge is 0.298 e.